The summed E-state index contributed by atoms with van der Waals surface area (Å²) >= 11 is 0. The summed E-state index contributed by atoms with van der Waals surface area (Å²) in [7, 11) is 0. The molecule has 1 saturated heterocycles. The molecule has 1 aromatic carbocycles. The van der Waals surface area contributed by atoms with Gasteiger partial charge in [0.1, 0.15) is 0 Å². The fourth-order valence-corrected chi connectivity index (χ4v) is 3.27. The minimum absolute atomic E-state index is 0.0291. The number of nitriles is 1. The van der Waals surface area contributed by atoms with Crippen LogP contribution >= 0.6 is 0 Å². The Morgan fingerprint density at radius 2 is 1.95 bits per heavy atom. The summed E-state index contributed by atoms with van der Waals surface area (Å²) < 4.78 is 0. The van der Waals surface area contributed by atoms with E-state index < -0.39 is 0 Å². The Labute approximate surface area is 113 Å². The molecule has 1 amide bonds. The van der Waals surface area contributed by atoms with Gasteiger partial charge in [-0.2, -0.15) is 5.26 Å². The van der Waals surface area contributed by atoms with Crippen LogP contribution in [0.3, 0.4) is 0 Å². The van der Waals surface area contributed by atoms with Gasteiger partial charge in [-0.1, -0.05) is 24.3 Å². The highest BCUT2D eigenvalue weighted by Crippen LogP contribution is 2.29. The summed E-state index contributed by atoms with van der Waals surface area (Å²) in [5, 5.41) is 9.01. The maximum Gasteiger partial charge on any atom is 0.226 e. The van der Waals surface area contributed by atoms with Crippen molar-refractivity contribution in [1.82, 2.24) is 4.90 Å². The normalized spacial score (nSPS) is 22.9. The van der Waals surface area contributed by atoms with Gasteiger partial charge in [0.2, 0.25) is 5.91 Å². The number of rotatable bonds is 1. The Kier molecular flexibility index (Phi) is 3.25. The molecule has 1 aliphatic carbocycles. The van der Waals surface area contributed by atoms with Crippen molar-refractivity contribution in [1.29, 1.82) is 5.26 Å². The second kappa shape index (κ2) is 5.05. The number of likely N-dealkylation sites (tertiary alicyclic amines) is 1. The molecule has 0 spiro atoms. The van der Waals surface area contributed by atoms with E-state index in [9.17, 15) is 4.79 Å². The van der Waals surface area contributed by atoms with Gasteiger partial charge < -0.3 is 4.90 Å². The first-order valence-electron chi connectivity index (χ1n) is 7.03. The Hall–Kier alpha value is -1.82. The molecule has 19 heavy (non-hydrogen) atoms. The molecule has 0 radical (unpaired) electrons. The van der Waals surface area contributed by atoms with Gasteiger partial charge >= 0.3 is 0 Å². The van der Waals surface area contributed by atoms with Crippen LogP contribution in [0.2, 0.25) is 0 Å². The third kappa shape index (κ3) is 2.35. The van der Waals surface area contributed by atoms with Gasteiger partial charge in [-0.25, -0.2) is 0 Å². The lowest BCUT2D eigenvalue weighted by molar-refractivity contribution is -0.136. The lowest BCUT2D eigenvalue weighted by Crippen LogP contribution is -2.43. The molecule has 98 valence electrons. The third-order valence-electron chi connectivity index (χ3n) is 4.32. The van der Waals surface area contributed by atoms with E-state index in [0.29, 0.717) is 6.54 Å². The topological polar surface area (TPSA) is 44.1 Å². The number of hydrogen-bond donors (Lipinski definition) is 0. The third-order valence-corrected chi connectivity index (χ3v) is 4.32. The summed E-state index contributed by atoms with van der Waals surface area (Å²) in [6.07, 6.45) is 3.63. The van der Waals surface area contributed by atoms with E-state index in [0.717, 1.165) is 32.2 Å². The number of hydrogen-bond acceptors (Lipinski definition) is 2. The van der Waals surface area contributed by atoms with Crippen molar-refractivity contribution in [2.24, 2.45) is 11.8 Å². The zero-order valence-corrected chi connectivity index (χ0v) is 11.0. The van der Waals surface area contributed by atoms with E-state index in [4.69, 9.17) is 5.26 Å². The molecule has 3 heteroatoms. The second-order valence-electron chi connectivity index (χ2n) is 5.63. The largest absolute Gasteiger partial charge is 0.341 e. The van der Waals surface area contributed by atoms with Crippen LogP contribution in [0.4, 0.5) is 0 Å². The van der Waals surface area contributed by atoms with Gasteiger partial charge in [-0.05, 0) is 36.8 Å². The van der Waals surface area contributed by atoms with Gasteiger partial charge in [0.05, 0.1) is 12.0 Å². The monoisotopic (exact) mass is 254 g/mol. The van der Waals surface area contributed by atoms with Crippen LogP contribution < -0.4 is 0 Å². The van der Waals surface area contributed by atoms with E-state index in [1.807, 2.05) is 17.0 Å². The Morgan fingerprint density at radius 1 is 1.26 bits per heavy atom. The molecule has 1 heterocycles. The molecule has 0 N–H and O–H groups in total. The van der Waals surface area contributed by atoms with E-state index in [1.54, 1.807) is 0 Å². The van der Waals surface area contributed by atoms with E-state index >= 15 is 0 Å². The number of fused-ring (bicyclic) bond motifs is 1. The van der Waals surface area contributed by atoms with Crippen LogP contribution in [-0.2, 0) is 17.6 Å². The Balaban J connectivity index is 1.68. The fraction of sp³-hybridized carbons (Fsp3) is 0.500. The van der Waals surface area contributed by atoms with Crippen molar-refractivity contribution in [3.63, 3.8) is 0 Å². The van der Waals surface area contributed by atoms with E-state index in [2.05, 4.69) is 18.2 Å². The molecule has 1 fully saturated rings. The number of amides is 1. The van der Waals surface area contributed by atoms with Gasteiger partial charge in [-0.15, -0.1) is 0 Å². The molecule has 0 unspecified atom stereocenters. The number of benzene rings is 1. The maximum absolute atomic E-state index is 12.5. The SMILES string of the molecule is N#C[C@@H]1CCCN(C(=O)C2Cc3ccccc3C2)C1. The molecule has 0 bridgehead atoms. The summed E-state index contributed by atoms with van der Waals surface area (Å²) in [5.74, 6) is 0.368. The fourth-order valence-electron chi connectivity index (χ4n) is 3.27. The molecule has 0 saturated carbocycles. The minimum Gasteiger partial charge on any atom is -0.341 e. The number of piperidine rings is 1. The average molecular weight is 254 g/mol. The summed E-state index contributed by atoms with van der Waals surface area (Å²) in [4.78, 5) is 14.5. The first kappa shape index (κ1) is 12.2. The molecule has 3 rings (SSSR count). The zero-order valence-electron chi connectivity index (χ0n) is 11.0. The molecule has 1 atom stereocenters. The lowest BCUT2D eigenvalue weighted by Gasteiger charge is -2.31. The van der Waals surface area contributed by atoms with Crippen molar-refractivity contribution < 1.29 is 4.79 Å². The Bertz CT molecular complexity index is 507. The summed E-state index contributed by atoms with van der Waals surface area (Å²) in [5.41, 5.74) is 2.63. The highest BCUT2D eigenvalue weighted by atomic mass is 16.2. The van der Waals surface area contributed by atoms with E-state index in [1.165, 1.54) is 11.1 Å². The molecule has 0 aromatic heterocycles. The van der Waals surface area contributed by atoms with Crippen LogP contribution in [0, 0.1) is 23.2 Å². The van der Waals surface area contributed by atoms with Crippen molar-refractivity contribution >= 4 is 5.91 Å². The minimum atomic E-state index is 0.0291. The van der Waals surface area contributed by atoms with Gasteiger partial charge in [0.15, 0.2) is 0 Å². The summed E-state index contributed by atoms with van der Waals surface area (Å²) in [6.45, 7) is 1.45. The van der Waals surface area contributed by atoms with Crippen molar-refractivity contribution in [2.45, 2.75) is 25.7 Å². The van der Waals surface area contributed by atoms with Gasteiger partial charge in [-0.3, -0.25) is 4.79 Å². The average Bonchev–Trinajstić information content (AvgIpc) is 2.90. The number of carbonyl (C=O) groups excluding carboxylic acids is 1. The first-order chi connectivity index (χ1) is 9.28. The van der Waals surface area contributed by atoms with Crippen molar-refractivity contribution in [2.75, 3.05) is 13.1 Å². The van der Waals surface area contributed by atoms with Crippen LogP contribution in [-0.4, -0.2) is 23.9 Å². The highest BCUT2D eigenvalue weighted by Gasteiger charge is 2.32. The van der Waals surface area contributed by atoms with Crippen LogP contribution in [0.1, 0.15) is 24.0 Å². The van der Waals surface area contributed by atoms with E-state index in [-0.39, 0.29) is 17.7 Å². The molecule has 2 aliphatic rings. The van der Waals surface area contributed by atoms with Crippen LogP contribution in [0.25, 0.3) is 0 Å². The van der Waals surface area contributed by atoms with Crippen molar-refractivity contribution in [3.8, 4) is 6.07 Å². The van der Waals surface area contributed by atoms with Crippen LogP contribution in [0.15, 0.2) is 24.3 Å². The molecular weight excluding hydrogens is 236 g/mol. The molecule has 1 aliphatic heterocycles. The predicted octanol–water partition coefficient (Wildman–Crippen LogP) is 2.16. The predicted molar refractivity (Wildman–Crippen MR) is 72.3 cm³/mol. The quantitative estimate of drug-likeness (QED) is 0.771. The zero-order chi connectivity index (χ0) is 13.2. The first-order valence-corrected chi connectivity index (χ1v) is 7.03. The maximum atomic E-state index is 12.5. The summed E-state index contributed by atoms with van der Waals surface area (Å²) in [6, 6.07) is 10.6. The number of carbonyl (C=O) groups is 1. The molecular formula is C16H18N2O. The number of nitrogens with zero attached hydrogens (tertiary/aromatic N) is 2. The molecule has 3 nitrogen and oxygen atoms in total. The van der Waals surface area contributed by atoms with Crippen LogP contribution in [0.5, 0.6) is 0 Å². The Morgan fingerprint density at radius 3 is 2.58 bits per heavy atom. The standard InChI is InChI=1S/C16H18N2O/c17-10-12-4-3-7-18(11-12)16(19)15-8-13-5-1-2-6-14(13)9-15/h1-2,5-6,12,15H,3-4,7-9,11H2/t12-/m0/s1. The second-order valence-corrected chi connectivity index (χ2v) is 5.63. The van der Waals surface area contributed by atoms with Gasteiger partial charge in [0.25, 0.3) is 0 Å². The molecule has 1 aromatic rings. The van der Waals surface area contributed by atoms with Gasteiger partial charge in [0, 0.05) is 19.0 Å². The van der Waals surface area contributed by atoms with Crippen molar-refractivity contribution in [3.05, 3.63) is 35.4 Å². The smallest absolute Gasteiger partial charge is 0.226 e. The lowest BCUT2D eigenvalue weighted by atomic mass is 9.97. The highest BCUT2D eigenvalue weighted by molar-refractivity contribution is 5.80.